The average Bonchev–Trinajstić information content (AvgIpc) is 1.86. The molecule has 0 aromatic carbocycles. The van der Waals surface area contributed by atoms with Gasteiger partial charge in [0, 0.05) is 17.3 Å². The first-order valence-electron chi connectivity index (χ1n) is 2.83. The molecule has 0 N–H and O–H groups in total. The van der Waals surface area contributed by atoms with Crippen LogP contribution in [0.2, 0.25) is 0 Å². The van der Waals surface area contributed by atoms with E-state index in [1.54, 1.807) is 6.07 Å². The highest BCUT2D eigenvalue weighted by Crippen LogP contribution is 2.09. The molecule has 0 atom stereocenters. The molecule has 1 aromatic heterocycles. The molecule has 0 saturated heterocycles. The van der Waals surface area contributed by atoms with Crippen LogP contribution in [0.1, 0.15) is 0 Å². The predicted octanol–water partition coefficient (Wildman–Crippen LogP) is 1.04. The van der Waals surface area contributed by atoms with Crippen molar-refractivity contribution in [3.63, 3.8) is 0 Å². The molecule has 0 spiro atoms. The number of hydrogen-bond donors (Lipinski definition) is 0. The molecule has 0 unspecified atom stereocenters. The van der Waals surface area contributed by atoms with Crippen molar-refractivity contribution in [3.05, 3.63) is 18.3 Å². The average molecular weight is 188 g/mol. The Morgan fingerprint density at radius 2 is 2.18 bits per heavy atom. The van der Waals surface area contributed by atoms with E-state index in [9.17, 15) is 8.42 Å². The fourth-order valence-corrected chi connectivity index (χ4v) is 1.43. The van der Waals surface area contributed by atoms with Crippen LogP contribution in [0.15, 0.2) is 28.3 Å². The number of hydrogen-bond acceptors (Lipinski definition) is 3. The lowest BCUT2D eigenvalue weighted by Crippen LogP contribution is -1.99. The van der Waals surface area contributed by atoms with E-state index >= 15 is 0 Å². The summed E-state index contributed by atoms with van der Waals surface area (Å²) in [5.74, 6) is 0. The highest BCUT2D eigenvalue weighted by molar-refractivity contribution is 7.90. The molecule has 5 heteroatoms. The largest absolute Gasteiger partial charge is 0.245 e. The molecule has 0 bridgehead atoms. The van der Waals surface area contributed by atoms with Gasteiger partial charge in [0.2, 0.25) is 0 Å². The third kappa shape index (κ3) is 2.13. The van der Waals surface area contributed by atoms with Crippen LogP contribution in [-0.2, 0) is 9.84 Å². The molecule has 0 aliphatic carbocycles. The SMILES string of the molecule is CS(=O)(=O)c1cc([S])ccn1. The zero-order chi connectivity index (χ0) is 8.48. The molecule has 0 aliphatic heterocycles. The van der Waals surface area contributed by atoms with Gasteiger partial charge in [-0.2, -0.15) is 0 Å². The Morgan fingerprint density at radius 1 is 1.55 bits per heavy atom. The Balaban J connectivity index is 3.28. The van der Waals surface area contributed by atoms with E-state index in [1.807, 2.05) is 0 Å². The van der Waals surface area contributed by atoms with Crippen molar-refractivity contribution in [2.24, 2.45) is 0 Å². The van der Waals surface area contributed by atoms with Gasteiger partial charge in [-0.1, -0.05) is 12.6 Å². The lowest BCUT2D eigenvalue weighted by Gasteiger charge is -1.95. The van der Waals surface area contributed by atoms with E-state index in [1.165, 1.54) is 12.3 Å². The highest BCUT2D eigenvalue weighted by Gasteiger charge is 2.07. The first-order chi connectivity index (χ1) is 5.00. The van der Waals surface area contributed by atoms with Crippen LogP contribution in [0.25, 0.3) is 0 Å². The first kappa shape index (κ1) is 8.42. The van der Waals surface area contributed by atoms with E-state index in [2.05, 4.69) is 4.98 Å². The normalized spacial score (nSPS) is 11.4. The smallest absolute Gasteiger partial charge is 0.192 e. The Hall–Kier alpha value is -0.680. The lowest BCUT2D eigenvalue weighted by molar-refractivity contribution is 0.598. The molecule has 1 rings (SSSR count). The molecule has 1 radical (unpaired) electrons. The predicted molar refractivity (Wildman–Crippen MR) is 43.2 cm³/mol. The maximum absolute atomic E-state index is 10.9. The van der Waals surface area contributed by atoms with Gasteiger partial charge in [0.15, 0.2) is 14.9 Å². The zero-order valence-electron chi connectivity index (χ0n) is 5.81. The number of sulfone groups is 1. The highest BCUT2D eigenvalue weighted by atomic mass is 32.2. The molecule has 3 nitrogen and oxygen atoms in total. The lowest BCUT2D eigenvalue weighted by atomic mass is 10.5. The summed E-state index contributed by atoms with van der Waals surface area (Å²) in [6, 6.07) is 2.94. The Bertz CT molecular complexity index is 359. The van der Waals surface area contributed by atoms with Crippen molar-refractivity contribution < 1.29 is 8.42 Å². The molecule has 1 heterocycles. The van der Waals surface area contributed by atoms with Gasteiger partial charge in [-0.15, -0.1) is 0 Å². The third-order valence-electron chi connectivity index (χ3n) is 1.09. The summed E-state index contributed by atoms with van der Waals surface area (Å²) < 4.78 is 21.8. The van der Waals surface area contributed by atoms with Gasteiger partial charge in [0.05, 0.1) is 0 Å². The second kappa shape index (κ2) is 2.75. The minimum atomic E-state index is -3.20. The van der Waals surface area contributed by atoms with Crippen LogP contribution in [0.3, 0.4) is 0 Å². The summed E-state index contributed by atoms with van der Waals surface area (Å²) in [5.41, 5.74) is 0. The van der Waals surface area contributed by atoms with Crippen molar-refractivity contribution in [2.75, 3.05) is 6.26 Å². The van der Waals surface area contributed by atoms with E-state index < -0.39 is 9.84 Å². The second-order valence-corrected chi connectivity index (χ2v) is 4.54. The molecular formula is C6H6NO2S2. The summed E-state index contributed by atoms with van der Waals surface area (Å²) in [7, 11) is -3.20. The van der Waals surface area contributed by atoms with E-state index in [-0.39, 0.29) is 5.03 Å². The van der Waals surface area contributed by atoms with Gasteiger partial charge in [-0.25, -0.2) is 13.4 Å². The van der Waals surface area contributed by atoms with Crippen LogP contribution in [0, 0.1) is 0 Å². The van der Waals surface area contributed by atoms with Crippen molar-refractivity contribution in [1.29, 1.82) is 0 Å². The molecule has 0 saturated carbocycles. The number of nitrogens with zero attached hydrogens (tertiary/aromatic N) is 1. The maximum atomic E-state index is 10.9. The fraction of sp³-hybridized carbons (Fsp3) is 0.167. The van der Waals surface area contributed by atoms with Crippen LogP contribution in [0.4, 0.5) is 0 Å². The Morgan fingerprint density at radius 3 is 2.55 bits per heavy atom. The number of rotatable bonds is 1. The molecular weight excluding hydrogens is 182 g/mol. The van der Waals surface area contributed by atoms with Gasteiger partial charge in [0.1, 0.15) is 0 Å². The zero-order valence-corrected chi connectivity index (χ0v) is 7.45. The quantitative estimate of drug-likeness (QED) is 0.661. The van der Waals surface area contributed by atoms with E-state index in [0.29, 0.717) is 4.90 Å². The summed E-state index contributed by atoms with van der Waals surface area (Å²) in [4.78, 5) is 4.14. The number of aromatic nitrogens is 1. The molecule has 0 aliphatic rings. The second-order valence-electron chi connectivity index (χ2n) is 2.10. The minimum absolute atomic E-state index is 0.0324. The van der Waals surface area contributed by atoms with Gasteiger partial charge in [-0.3, -0.25) is 0 Å². The van der Waals surface area contributed by atoms with Gasteiger partial charge in [0.25, 0.3) is 0 Å². The van der Waals surface area contributed by atoms with Crippen LogP contribution in [-0.4, -0.2) is 19.7 Å². The monoisotopic (exact) mass is 188 g/mol. The Kier molecular flexibility index (Phi) is 2.10. The first-order valence-corrected chi connectivity index (χ1v) is 5.13. The van der Waals surface area contributed by atoms with Crippen LogP contribution in [0.5, 0.6) is 0 Å². The summed E-state index contributed by atoms with van der Waals surface area (Å²) in [6.07, 6.45) is 2.49. The van der Waals surface area contributed by atoms with Crippen molar-refractivity contribution in [3.8, 4) is 0 Å². The topological polar surface area (TPSA) is 47.0 Å². The number of pyridine rings is 1. The molecule has 0 amide bonds. The van der Waals surface area contributed by atoms with E-state index in [0.717, 1.165) is 6.26 Å². The van der Waals surface area contributed by atoms with Gasteiger partial charge in [-0.05, 0) is 12.1 Å². The standard InChI is InChI=1S/C6H6NO2S2/c1-11(8,9)6-4-5(10)2-3-7-6/h2-4H,1H3. The summed E-state index contributed by atoms with van der Waals surface area (Å²) in [6.45, 7) is 0. The van der Waals surface area contributed by atoms with Crippen molar-refractivity contribution in [2.45, 2.75) is 9.92 Å². The van der Waals surface area contributed by atoms with Crippen molar-refractivity contribution in [1.82, 2.24) is 4.98 Å². The molecule has 1 aromatic rings. The third-order valence-corrected chi connectivity index (χ3v) is 2.32. The fourth-order valence-electron chi connectivity index (χ4n) is 0.594. The minimum Gasteiger partial charge on any atom is -0.245 e. The van der Waals surface area contributed by atoms with Crippen LogP contribution >= 0.6 is 12.6 Å². The Labute approximate surface area is 70.8 Å². The summed E-state index contributed by atoms with van der Waals surface area (Å²) >= 11 is 4.76. The van der Waals surface area contributed by atoms with Crippen molar-refractivity contribution >= 4 is 22.5 Å². The van der Waals surface area contributed by atoms with Gasteiger partial charge < -0.3 is 0 Å². The molecule has 11 heavy (non-hydrogen) atoms. The maximum Gasteiger partial charge on any atom is 0.192 e. The molecule has 59 valence electrons. The molecule has 0 fully saturated rings. The summed E-state index contributed by atoms with van der Waals surface area (Å²) in [5, 5.41) is 0.0324. The van der Waals surface area contributed by atoms with Crippen LogP contribution < -0.4 is 0 Å². The van der Waals surface area contributed by atoms with Gasteiger partial charge >= 0.3 is 0 Å². The van der Waals surface area contributed by atoms with E-state index in [4.69, 9.17) is 12.6 Å².